The van der Waals surface area contributed by atoms with E-state index in [4.69, 9.17) is 0 Å². The first-order valence-electron chi connectivity index (χ1n) is 5.74. The Morgan fingerprint density at radius 3 is 2.60 bits per heavy atom. The lowest BCUT2D eigenvalue weighted by atomic mass is 9.75. The highest BCUT2D eigenvalue weighted by Crippen LogP contribution is 2.34. The van der Waals surface area contributed by atoms with Crippen molar-refractivity contribution in [1.82, 2.24) is 5.32 Å². The molecule has 0 aromatic heterocycles. The molecule has 2 rings (SSSR count). The van der Waals surface area contributed by atoms with E-state index in [0.717, 1.165) is 12.0 Å². The van der Waals surface area contributed by atoms with Gasteiger partial charge >= 0.3 is 0 Å². The Morgan fingerprint density at radius 2 is 2.07 bits per heavy atom. The van der Waals surface area contributed by atoms with Crippen LogP contribution >= 0.6 is 0 Å². The fourth-order valence-electron chi connectivity index (χ4n) is 2.18. The molecular formula is C13H18FN. The van der Waals surface area contributed by atoms with Gasteiger partial charge in [0.1, 0.15) is 5.82 Å². The molecule has 1 saturated carbocycles. The van der Waals surface area contributed by atoms with Crippen molar-refractivity contribution in [3.8, 4) is 0 Å². The Balaban J connectivity index is 1.95. The number of hydrogen-bond acceptors (Lipinski definition) is 1. The number of benzene rings is 1. The highest BCUT2D eigenvalue weighted by Gasteiger charge is 2.34. The van der Waals surface area contributed by atoms with Crippen LogP contribution in [0.15, 0.2) is 24.3 Å². The quantitative estimate of drug-likeness (QED) is 0.799. The van der Waals surface area contributed by atoms with Gasteiger partial charge in [-0.3, -0.25) is 0 Å². The van der Waals surface area contributed by atoms with Gasteiger partial charge < -0.3 is 5.32 Å². The first-order valence-corrected chi connectivity index (χ1v) is 5.74. The van der Waals surface area contributed by atoms with Crippen LogP contribution in [0.3, 0.4) is 0 Å². The van der Waals surface area contributed by atoms with Crippen LogP contribution in [-0.4, -0.2) is 5.54 Å². The minimum atomic E-state index is -0.101. The number of hydrogen-bond donors (Lipinski definition) is 1. The molecule has 1 aromatic carbocycles. The van der Waals surface area contributed by atoms with E-state index in [-0.39, 0.29) is 5.82 Å². The topological polar surface area (TPSA) is 12.0 Å². The summed E-state index contributed by atoms with van der Waals surface area (Å²) in [5, 5.41) is 3.50. The van der Waals surface area contributed by atoms with Gasteiger partial charge in [0.15, 0.2) is 0 Å². The maximum atomic E-state index is 13.4. The molecule has 0 spiro atoms. The lowest BCUT2D eigenvalue weighted by Gasteiger charge is -2.42. The number of nitrogens with one attached hydrogen (secondary N) is 1. The minimum absolute atomic E-state index is 0.101. The third-order valence-corrected chi connectivity index (χ3v) is 3.60. The molecule has 0 aliphatic heterocycles. The second-order valence-electron chi connectivity index (χ2n) is 4.43. The molecule has 1 nitrogen and oxygen atoms in total. The first kappa shape index (κ1) is 10.6. The van der Waals surface area contributed by atoms with Crippen molar-refractivity contribution in [3.63, 3.8) is 0 Å². The van der Waals surface area contributed by atoms with Crippen molar-refractivity contribution in [2.24, 2.45) is 0 Å². The molecule has 0 amide bonds. The summed E-state index contributed by atoms with van der Waals surface area (Å²) in [6.07, 6.45) is 4.91. The molecule has 1 aliphatic rings. The molecule has 1 N–H and O–H groups in total. The van der Waals surface area contributed by atoms with Crippen LogP contribution in [0.4, 0.5) is 4.39 Å². The van der Waals surface area contributed by atoms with Crippen molar-refractivity contribution in [1.29, 1.82) is 0 Å². The fourth-order valence-corrected chi connectivity index (χ4v) is 2.18. The predicted molar refractivity (Wildman–Crippen MR) is 60.1 cm³/mol. The zero-order valence-electron chi connectivity index (χ0n) is 9.22. The molecule has 2 heteroatoms. The lowest BCUT2D eigenvalue weighted by molar-refractivity contribution is 0.175. The summed E-state index contributed by atoms with van der Waals surface area (Å²) < 4.78 is 13.4. The molecule has 1 aromatic rings. The molecule has 0 radical (unpaired) electrons. The molecule has 0 heterocycles. The van der Waals surface area contributed by atoms with Crippen molar-refractivity contribution in [3.05, 3.63) is 35.6 Å². The second kappa shape index (κ2) is 4.31. The fraction of sp³-hybridized carbons (Fsp3) is 0.538. The Hall–Kier alpha value is -0.890. The van der Waals surface area contributed by atoms with Gasteiger partial charge in [0.2, 0.25) is 0 Å². The van der Waals surface area contributed by atoms with E-state index in [2.05, 4.69) is 12.2 Å². The van der Waals surface area contributed by atoms with Crippen LogP contribution in [0.25, 0.3) is 0 Å². The van der Waals surface area contributed by atoms with E-state index >= 15 is 0 Å². The average molecular weight is 207 g/mol. The van der Waals surface area contributed by atoms with Crippen LogP contribution in [0.1, 0.15) is 38.2 Å². The summed E-state index contributed by atoms with van der Waals surface area (Å²) in [6, 6.07) is 7.00. The van der Waals surface area contributed by atoms with Gasteiger partial charge in [-0.2, -0.15) is 0 Å². The smallest absolute Gasteiger partial charge is 0.127 e. The van der Waals surface area contributed by atoms with Crippen LogP contribution in [0, 0.1) is 5.82 Å². The van der Waals surface area contributed by atoms with Crippen LogP contribution in [0.5, 0.6) is 0 Å². The molecule has 15 heavy (non-hydrogen) atoms. The van der Waals surface area contributed by atoms with Gasteiger partial charge in [0.05, 0.1) is 0 Å². The predicted octanol–water partition coefficient (Wildman–Crippen LogP) is 3.25. The molecule has 0 unspecified atom stereocenters. The van der Waals surface area contributed by atoms with Gasteiger partial charge in [0.25, 0.3) is 0 Å². The first-order chi connectivity index (χ1) is 7.26. The second-order valence-corrected chi connectivity index (χ2v) is 4.43. The summed E-state index contributed by atoms with van der Waals surface area (Å²) >= 11 is 0. The highest BCUT2D eigenvalue weighted by molar-refractivity contribution is 5.17. The number of halogens is 1. The summed E-state index contributed by atoms with van der Waals surface area (Å²) in [4.78, 5) is 0. The SMILES string of the molecule is CCC1(NCc2ccccc2F)CCC1. The van der Waals surface area contributed by atoms with Gasteiger partial charge in [-0.15, -0.1) is 0 Å². The van der Waals surface area contributed by atoms with Gasteiger partial charge in [0, 0.05) is 17.6 Å². The zero-order valence-corrected chi connectivity index (χ0v) is 9.22. The molecule has 0 bridgehead atoms. The third kappa shape index (κ3) is 2.20. The lowest BCUT2D eigenvalue weighted by Crippen LogP contribution is -2.49. The maximum absolute atomic E-state index is 13.4. The third-order valence-electron chi connectivity index (χ3n) is 3.60. The Kier molecular flexibility index (Phi) is 3.06. The van der Waals surface area contributed by atoms with Gasteiger partial charge in [-0.25, -0.2) is 4.39 Å². The average Bonchev–Trinajstić information content (AvgIpc) is 2.19. The van der Waals surface area contributed by atoms with Crippen LogP contribution < -0.4 is 5.32 Å². The van der Waals surface area contributed by atoms with Crippen molar-refractivity contribution in [2.45, 2.75) is 44.7 Å². The van der Waals surface area contributed by atoms with Gasteiger partial charge in [-0.1, -0.05) is 25.1 Å². The monoisotopic (exact) mass is 207 g/mol. The Bertz CT molecular complexity index is 326. The van der Waals surface area contributed by atoms with E-state index in [1.807, 2.05) is 12.1 Å². The summed E-state index contributed by atoms with van der Waals surface area (Å²) in [6.45, 7) is 2.86. The van der Waals surface area contributed by atoms with E-state index in [0.29, 0.717) is 12.1 Å². The van der Waals surface area contributed by atoms with Crippen molar-refractivity contribution in [2.75, 3.05) is 0 Å². The zero-order chi connectivity index (χ0) is 10.7. The standard InChI is InChI=1S/C13H18FN/c1-2-13(8-5-9-13)15-10-11-6-3-4-7-12(11)14/h3-4,6-7,15H,2,5,8-10H2,1H3. The van der Waals surface area contributed by atoms with E-state index in [1.54, 1.807) is 6.07 Å². The molecule has 0 atom stereocenters. The van der Waals surface area contributed by atoms with Crippen LogP contribution in [0.2, 0.25) is 0 Å². The van der Waals surface area contributed by atoms with E-state index < -0.39 is 0 Å². The molecule has 1 aliphatic carbocycles. The maximum Gasteiger partial charge on any atom is 0.127 e. The largest absolute Gasteiger partial charge is 0.307 e. The minimum Gasteiger partial charge on any atom is -0.307 e. The summed E-state index contributed by atoms with van der Waals surface area (Å²) in [7, 11) is 0. The highest BCUT2D eigenvalue weighted by atomic mass is 19.1. The molecule has 1 fully saturated rings. The molecular weight excluding hydrogens is 189 g/mol. The van der Waals surface area contributed by atoms with E-state index in [9.17, 15) is 4.39 Å². The normalized spacial score (nSPS) is 18.5. The number of rotatable bonds is 4. The van der Waals surface area contributed by atoms with Crippen molar-refractivity contribution < 1.29 is 4.39 Å². The summed E-state index contributed by atoms with van der Waals surface area (Å²) in [5.74, 6) is -0.101. The molecule has 0 saturated heterocycles. The van der Waals surface area contributed by atoms with Crippen LogP contribution in [-0.2, 0) is 6.54 Å². The molecule has 82 valence electrons. The Labute approximate surface area is 90.7 Å². The Morgan fingerprint density at radius 1 is 1.33 bits per heavy atom. The van der Waals surface area contributed by atoms with Crippen molar-refractivity contribution >= 4 is 0 Å². The van der Waals surface area contributed by atoms with E-state index in [1.165, 1.54) is 25.3 Å². The van der Waals surface area contributed by atoms with Gasteiger partial charge in [-0.05, 0) is 31.7 Å². The summed E-state index contributed by atoms with van der Waals surface area (Å²) in [5.41, 5.74) is 1.07.